The summed E-state index contributed by atoms with van der Waals surface area (Å²) in [5.41, 5.74) is 0.162. The maximum atomic E-state index is 13.3. The van der Waals surface area contributed by atoms with Crippen molar-refractivity contribution in [2.24, 2.45) is 12.0 Å². The number of rotatable bonds is 7. The Balaban J connectivity index is 2.63. The Morgan fingerprint density at radius 3 is 2.41 bits per heavy atom. The van der Waals surface area contributed by atoms with Gasteiger partial charge in [-0.1, -0.05) is 34.1 Å². The minimum atomic E-state index is -4.57. The zero-order valence-electron chi connectivity index (χ0n) is 19.5. The van der Waals surface area contributed by atoms with E-state index in [1.54, 1.807) is 6.92 Å². The van der Waals surface area contributed by atoms with Crippen molar-refractivity contribution in [1.29, 1.82) is 0 Å². The lowest BCUT2D eigenvalue weighted by molar-refractivity contribution is -0.137. The molecule has 5 nitrogen and oxygen atoms in total. The lowest BCUT2D eigenvalue weighted by Crippen LogP contribution is -2.25. The Bertz CT molecular complexity index is 1010. The molecule has 1 aromatic heterocycles. The van der Waals surface area contributed by atoms with Crippen molar-refractivity contribution in [1.82, 2.24) is 9.36 Å². The first-order valence-electron chi connectivity index (χ1n) is 10.6. The predicted octanol–water partition coefficient (Wildman–Crippen LogP) is 5.16. The van der Waals surface area contributed by atoms with Crippen LogP contribution in [-0.2, 0) is 25.2 Å². The highest BCUT2D eigenvalue weighted by molar-refractivity contribution is 7.99. The number of aliphatic hydroxyl groups excluding tert-OH is 1. The van der Waals surface area contributed by atoms with Crippen LogP contribution in [0, 0.1) is 0 Å². The fourth-order valence-electron chi connectivity index (χ4n) is 3.31. The Morgan fingerprint density at radius 1 is 1.22 bits per heavy atom. The lowest BCUT2D eigenvalue weighted by Gasteiger charge is -2.20. The number of unbranched alkanes of at least 4 members (excludes halogenated alkanes) is 1. The highest BCUT2D eigenvalue weighted by Crippen LogP contribution is 2.33. The number of aromatic nitrogens is 2. The molecule has 1 atom stereocenters. The van der Waals surface area contributed by atoms with Crippen molar-refractivity contribution >= 4 is 17.7 Å². The monoisotopic (exact) mass is 471 g/mol. The SMILES string of the molecule is CCCCn1/c(=N/C(=O)c2cc(C(F)(F)F)ccc2SCC(C)O)cc(C(C)(C)C)n1C. The van der Waals surface area contributed by atoms with Crippen molar-refractivity contribution in [3.63, 3.8) is 0 Å². The van der Waals surface area contributed by atoms with E-state index in [0.29, 0.717) is 16.9 Å². The zero-order chi connectivity index (χ0) is 24.3. The van der Waals surface area contributed by atoms with E-state index in [4.69, 9.17) is 0 Å². The van der Waals surface area contributed by atoms with Crippen LogP contribution in [0.15, 0.2) is 34.2 Å². The van der Waals surface area contributed by atoms with Crippen LogP contribution in [0.4, 0.5) is 13.2 Å². The third-order valence-electron chi connectivity index (χ3n) is 4.97. The number of benzene rings is 1. The summed E-state index contributed by atoms with van der Waals surface area (Å²) in [6, 6.07) is 4.89. The molecule has 9 heteroatoms. The van der Waals surface area contributed by atoms with Crippen LogP contribution in [0.2, 0.25) is 0 Å². The summed E-state index contributed by atoms with van der Waals surface area (Å²) in [6.45, 7) is 10.4. The average Bonchev–Trinajstić information content (AvgIpc) is 2.99. The van der Waals surface area contributed by atoms with Crippen molar-refractivity contribution < 1.29 is 23.1 Å². The number of hydrogen-bond donors (Lipinski definition) is 1. The highest BCUT2D eigenvalue weighted by Gasteiger charge is 2.32. The highest BCUT2D eigenvalue weighted by atomic mass is 32.2. The summed E-state index contributed by atoms with van der Waals surface area (Å²) in [7, 11) is 1.90. The molecule has 0 bridgehead atoms. The number of aliphatic hydroxyl groups is 1. The van der Waals surface area contributed by atoms with Crippen LogP contribution in [-0.4, -0.2) is 32.2 Å². The predicted molar refractivity (Wildman–Crippen MR) is 121 cm³/mol. The van der Waals surface area contributed by atoms with E-state index in [-0.39, 0.29) is 16.7 Å². The second-order valence-corrected chi connectivity index (χ2v) is 9.99. The molecule has 0 radical (unpaired) electrons. The third kappa shape index (κ3) is 6.51. The quantitative estimate of drug-likeness (QED) is 0.568. The Morgan fingerprint density at radius 2 is 1.88 bits per heavy atom. The van der Waals surface area contributed by atoms with Crippen LogP contribution < -0.4 is 5.49 Å². The zero-order valence-corrected chi connectivity index (χ0v) is 20.3. The normalized spacial score (nSPS) is 14.1. The van der Waals surface area contributed by atoms with E-state index in [2.05, 4.69) is 32.7 Å². The summed E-state index contributed by atoms with van der Waals surface area (Å²) in [5.74, 6) is -0.484. The van der Waals surface area contributed by atoms with Gasteiger partial charge in [-0.05, 0) is 31.5 Å². The molecule has 1 heterocycles. The molecule has 178 valence electrons. The number of hydrogen-bond acceptors (Lipinski definition) is 3. The molecule has 0 spiro atoms. The van der Waals surface area contributed by atoms with Gasteiger partial charge in [-0.25, -0.2) is 0 Å². The van der Waals surface area contributed by atoms with Gasteiger partial charge in [-0.15, -0.1) is 11.8 Å². The van der Waals surface area contributed by atoms with Crippen molar-refractivity contribution in [2.45, 2.75) is 76.6 Å². The van der Waals surface area contributed by atoms with Crippen LogP contribution in [0.3, 0.4) is 0 Å². The van der Waals surface area contributed by atoms with Crippen LogP contribution in [0.25, 0.3) is 0 Å². The smallest absolute Gasteiger partial charge is 0.393 e. The van der Waals surface area contributed by atoms with Crippen molar-refractivity contribution in [2.75, 3.05) is 5.75 Å². The first-order valence-corrected chi connectivity index (χ1v) is 11.6. The summed E-state index contributed by atoms with van der Waals surface area (Å²) >= 11 is 1.13. The number of carbonyl (C=O) groups is 1. The summed E-state index contributed by atoms with van der Waals surface area (Å²) in [5, 5.41) is 9.58. The molecule has 1 N–H and O–H groups in total. The van der Waals surface area contributed by atoms with E-state index < -0.39 is 23.8 Å². The molecule has 1 aromatic carbocycles. The van der Waals surface area contributed by atoms with Gasteiger partial charge in [-0.3, -0.25) is 14.2 Å². The van der Waals surface area contributed by atoms with Crippen LogP contribution >= 0.6 is 11.8 Å². The molecule has 0 saturated carbocycles. The van der Waals surface area contributed by atoms with E-state index in [9.17, 15) is 23.1 Å². The molecule has 2 aromatic rings. The fourth-order valence-corrected chi connectivity index (χ4v) is 4.20. The summed E-state index contributed by atoms with van der Waals surface area (Å²) in [6.07, 6.45) is -3.41. The minimum absolute atomic E-state index is 0.117. The Labute approximate surface area is 191 Å². The summed E-state index contributed by atoms with van der Waals surface area (Å²) < 4.78 is 43.7. The van der Waals surface area contributed by atoms with Gasteiger partial charge in [0.15, 0.2) is 5.49 Å². The number of halogens is 3. The lowest BCUT2D eigenvalue weighted by atomic mass is 9.92. The van der Waals surface area contributed by atoms with E-state index in [0.717, 1.165) is 42.4 Å². The second-order valence-electron chi connectivity index (χ2n) is 8.92. The van der Waals surface area contributed by atoms with Gasteiger partial charge in [0.2, 0.25) is 0 Å². The standard InChI is InChI=1S/C23H32F3N3O2S/c1-7-8-11-29-20(13-19(28(29)6)22(3,4)5)27-21(31)17-12-16(23(24,25)26)9-10-18(17)32-14-15(2)30/h9-10,12-13,15,30H,7-8,11,14H2,1-6H3/b27-20+. The van der Waals surface area contributed by atoms with E-state index in [1.807, 2.05) is 22.5 Å². The van der Waals surface area contributed by atoms with Gasteiger partial charge in [0.05, 0.1) is 17.2 Å². The van der Waals surface area contributed by atoms with E-state index in [1.165, 1.54) is 6.07 Å². The van der Waals surface area contributed by atoms with Gasteiger partial charge in [0, 0.05) is 41.4 Å². The molecule has 0 aliphatic rings. The molecule has 1 amide bonds. The molecule has 32 heavy (non-hydrogen) atoms. The number of nitrogens with zero attached hydrogens (tertiary/aromatic N) is 3. The number of thioether (sulfide) groups is 1. The largest absolute Gasteiger partial charge is 0.416 e. The van der Waals surface area contributed by atoms with Gasteiger partial charge in [0.1, 0.15) is 0 Å². The molecule has 0 fully saturated rings. The fraction of sp³-hybridized carbons (Fsp3) is 0.565. The first kappa shape index (κ1) is 26.3. The van der Waals surface area contributed by atoms with Gasteiger partial charge >= 0.3 is 6.18 Å². The number of carbonyl (C=O) groups excluding carboxylic acids is 1. The number of alkyl halides is 3. The maximum absolute atomic E-state index is 13.3. The van der Waals surface area contributed by atoms with Crippen LogP contribution in [0.5, 0.6) is 0 Å². The van der Waals surface area contributed by atoms with Gasteiger partial charge in [-0.2, -0.15) is 18.2 Å². The second kappa shape index (κ2) is 10.3. The topological polar surface area (TPSA) is 59.5 Å². The van der Waals surface area contributed by atoms with Gasteiger partial charge < -0.3 is 5.11 Å². The molecular formula is C23H32F3N3O2S. The molecule has 0 saturated heterocycles. The maximum Gasteiger partial charge on any atom is 0.416 e. The molecule has 1 unspecified atom stereocenters. The summed E-state index contributed by atoms with van der Waals surface area (Å²) in [4.78, 5) is 17.7. The number of amides is 1. The average molecular weight is 472 g/mol. The molecular weight excluding hydrogens is 439 g/mol. The van der Waals surface area contributed by atoms with Crippen molar-refractivity contribution in [3.8, 4) is 0 Å². The third-order valence-corrected chi connectivity index (χ3v) is 6.28. The molecule has 0 aliphatic carbocycles. The molecule has 2 rings (SSSR count). The Hall–Kier alpha value is -2.00. The van der Waals surface area contributed by atoms with Gasteiger partial charge in [0.25, 0.3) is 5.91 Å². The Kier molecular flexibility index (Phi) is 8.44. The van der Waals surface area contributed by atoms with Crippen molar-refractivity contribution in [3.05, 3.63) is 46.6 Å². The van der Waals surface area contributed by atoms with E-state index >= 15 is 0 Å². The minimum Gasteiger partial charge on any atom is -0.393 e. The first-order chi connectivity index (χ1) is 14.8. The molecule has 0 aliphatic heterocycles. The van der Waals surface area contributed by atoms with Crippen LogP contribution in [0.1, 0.15) is 69.1 Å².